The van der Waals surface area contributed by atoms with Crippen molar-refractivity contribution in [3.8, 4) is 5.69 Å². The number of aryl methyl sites for hydroxylation is 2. The van der Waals surface area contributed by atoms with Crippen LogP contribution in [0.5, 0.6) is 0 Å². The second-order valence-electron chi connectivity index (χ2n) is 8.87. The number of sulfonamides is 1. The lowest BCUT2D eigenvalue weighted by Crippen LogP contribution is -2.31. The second kappa shape index (κ2) is 8.79. The van der Waals surface area contributed by atoms with Gasteiger partial charge >= 0.3 is 0 Å². The van der Waals surface area contributed by atoms with E-state index in [1.54, 1.807) is 29.1 Å². The predicted molar refractivity (Wildman–Crippen MR) is 134 cm³/mol. The van der Waals surface area contributed by atoms with Crippen molar-refractivity contribution in [1.29, 1.82) is 0 Å². The van der Waals surface area contributed by atoms with Crippen molar-refractivity contribution in [2.24, 2.45) is 0 Å². The van der Waals surface area contributed by atoms with Crippen LogP contribution in [0.25, 0.3) is 16.6 Å². The van der Waals surface area contributed by atoms with Gasteiger partial charge in [-0.2, -0.15) is 5.10 Å². The van der Waals surface area contributed by atoms with Gasteiger partial charge in [-0.3, -0.25) is 4.72 Å². The highest BCUT2D eigenvalue weighted by Gasteiger charge is 2.34. The van der Waals surface area contributed by atoms with Crippen molar-refractivity contribution >= 4 is 32.3 Å². The largest absolute Gasteiger partial charge is 0.370 e. The van der Waals surface area contributed by atoms with Crippen molar-refractivity contribution in [3.05, 3.63) is 72.4 Å². The molecule has 3 heterocycles. The number of halogens is 1. The van der Waals surface area contributed by atoms with Crippen molar-refractivity contribution in [2.75, 3.05) is 22.7 Å². The number of benzene rings is 2. The smallest absolute Gasteiger partial charge is 0.237 e. The number of fused-ring (bicyclic) bond motifs is 1. The van der Waals surface area contributed by atoms with Gasteiger partial charge < -0.3 is 9.47 Å². The number of aromatic nitrogens is 3. The average Bonchev–Trinajstić information content (AvgIpc) is 3.54. The minimum atomic E-state index is -3.50. The van der Waals surface area contributed by atoms with Crippen LogP contribution in [0.2, 0.25) is 0 Å². The zero-order valence-corrected chi connectivity index (χ0v) is 20.1. The summed E-state index contributed by atoms with van der Waals surface area (Å²) in [6, 6.07) is 12.2. The highest BCUT2D eigenvalue weighted by atomic mass is 32.2. The molecule has 0 saturated carbocycles. The van der Waals surface area contributed by atoms with Crippen LogP contribution < -0.4 is 9.62 Å². The molecule has 34 heavy (non-hydrogen) atoms. The lowest BCUT2D eigenvalue weighted by atomic mass is 10.1. The van der Waals surface area contributed by atoms with E-state index in [9.17, 15) is 12.8 Å². The summed E-state index contributed by atoms with van der Waals surface area (Å²) in [7, 11) is -3.50. The Bertz CT molecular complexity index is 1430. The summed E-state index contributed by atoms with van der Waals surface area (Å²) in [5.74, 6) is -0.287. The standard InChI is InChI=1S/C25H28FN5O2S/c1-3-10-29-11-8-21(16-29)28-34(32,33)23-9-12-30(17-23)24-14-19-15-27-31(25(19)13-18(24)2)22-6-4-20(26)5-7-22/h4-8,11,13-16,23,28H,3,9-10,12,17H2,1-2H3. The molecule has 5 rings (SSSR count). The molecule has 1 aliphatic rings. The first-order valence-corrected chi connectivity index (χ1v) is 13.1. The summed E-state index contributed by atoms with van der Waals surface area (Å²) >= 11 is 0. The average molecular weight is 482 g/mol. The SMILES string of the molecule is CCCn1ccc(NS(=O)(=O)C2CCN(c3cc4cnn(-c5ccc(F)cc5)c4cc3C)C2)c1. The van der Waals surface area contributed by atoms with Gasteiger partial charge in [0, 0.05) is 43.1 Å². The Labute approximate surface area is 198 Å². The maximum Gasteiger partial charge on any atom is 0.237 e. The molecule has 1 aliphatic heterocycles. The van der Waals surface area contributed by atoms with Gasteiger partial charge in [0.2, 0.25) is 10.0 Å². The Morgan fingerprint density at radius 3 is 2.74 bits per heavy atom. The fourth-order valence-corrected chi connectivity index (χ4v) is 6.05. The van der Waals surface area contributed by atoms with E-state index in [-0.39, 0.29) is 5.82 Å². The Hall–Kier alpha value is -3.33. The molecule has 178 valence electrons. The number of hydrogen-bond donors (Lipinski definition) is 1. The van der Waals surface area contributed by atoms with Crippen LogP contribution in [0.1, 0.15) is 25.3 Å². The predicted octanol–water partition coefficient (Wildman–Crippen LogP) is 4.71. The Morgan fingerprint density at radius 1 is 1.18 bits per heavy atom. The van der Waals surface area contributed by atoms with Crippen molar-refractivity contribution in [1.82, 2.24) is 14.3 Å². The quantitative estimate of drug-likeness (QED) is 0.415. The van der Waals surface area contributed by atoms with E-state index in [2.05, 4.69) is 33.8 Å². The van der Waals surface area contributed by atoms with Gasteiger partial charge in [-0.05, 0) is 67.8 Å². The van der Waals surface area contributed by atoms with E-state index in [0.29, 0.717) is 25.2 Å². The number of nitrogens with one attached hydrogen (secondary N) is 1. The molecule has 2 aromatic heterocycles. The summed E-state index contributed by atoms with van der Waals surface area (Å²) in [6.07, 6.45) is 7.08. The van der Waals surface area contributed by atoms with Crippen LogP contribution in [0.15, 0.2) is 61.1 Å². The zero-order chi connectivity index (χ0) is 23.9. The van der Waals surface area contributed by atoms with Gasteiger partial charge in [0.05, 0.1) is 28.3 Å². The third kappa shape index (κ3) is 4.27. The summed E-state index contributed by atoms with van der Waals surface area (Å²) in [5.41, 5.74) is 4.37. The molecule has 4 aromatic rings. The maximum atomic E-state index is 13.3. The molecule has 0 spiro atoms. The number of nitrogens with zero attached hydrogens (tertiary/aromatic N) is 4. The zero-order valence-electron chi connectivity index (χ0n) is 19.3. The highest BCUT2D eigenvalue weighted by Crippen LogP contribution is 2.32. The van der Waals surface area contributed by atoms with Gasteiger partial charge in [0.1, 0.15) is 5.82 Å². The minimum Gasteiger partial charge on any atom is -0.370 e. The monoisotopic (exact) mass is 481 g/mol. The molecule has 0 amide bonds. The first kappa shape index (κ1) is 22.5. The molecule has 0 radical (unpaired) electrons. The van der Waals surface area contributed by atoms with Crippen molar-refractivity contribution in [2.45, 2.75) is 38.5 Å². The molecule has 0 bridgehead atoms. The molecule has 7 nitrogen and oxygen atoms in total. The van der Waals surface area contributed by atoms with Gasteiger partial charge in [-0.25, -0.2) is 17.5 Å². The van der Waals surface area contributed by atoms with Gasteiger partial charge in [-0.1, -0.05) is 6.92 Å². The number of rotatable bonds is 7. The fourth-order valence-electron chi connectivity index (χ4n) is 4.64. The van der Waals surface area contributed by atoms with Gasteiger partial charge in [-0.15, -0.1) is 0 Å². The van der Waals surface area contributed by atoms with E-state index in [4.69, 9.17) is 0 Å². The van der Waals surface area contributed by atoms with Gasteiger partial charge in [0.25, 0.3) is 0 Å². The summed E-state index contributed by atoms with van der Waals surface area (Å²) < 4.78 is 45.9. The van der Waals surface area contributed by atoms with Crippen LogP contribution in [0.3, 0.4) is 0 Å². The van der Waals surface area contributed by atoms with E-state index in [1.807, 2.05) is 23.9 Å². The topological polar surface area (TPSA) is 72.2 Å². The lowest BCUT2D eigenvalue weighted by Gasteiger charge is -2.21. The van der Waals surface area contributed by atoms with Crippen molar-refractivity contribution in [3.63, 3.8) is 0 Å². The molecule has 1 atom stereocenters. The number of hydrogen-bond acceptors (Lipinski definition) is 4. The van der Waals surface area contributed by atoms with Crippen LogP contribution in [0, 0.1) is 12.7 Å². The van der Waals surface area contributed by atoms with E-state index in [1.165, 1.54) is 12.1 Å². The van der Waals surface area contributed by atoms with Gasteiger partial charge in [0.15, 0.2) is 0 Å². The molecule has 9 heteroatoms. The Kier molecular flexibility index (Phi) is 5.81. The van der Waals surface area contributed by atoms with Crippen molar-refractivity contribution < 1.29 is 12.8 Å². The van der Waals surface area contributed by atoms with Crippen LogP contribution in [-0.4, -0.2) is 41.1 Å². The molecule has 1 saturated heterocycles. The Morgan fingerprint density at radius 2 is 1.97 bits per heavy atom. The lowest BCUT2D eigenvalue weighted by molar-refractivity contribution is 0.589. The third-order valence-electron chi connectivity index (χ3n) is 6.37. The fraction of sp³-hybridized carbons (Fsp3) is 0.320. The normalized spacial score (nSPS) is 16.4. The van der Waals surface area contributed by atoms with Crippen LogP contribution in [0.4, 0.5) is 15.8 Å². The summed E-state index contributed by atoms with van der Waals surface area (Å²) in [4.78, 5) is 2.14. The third-order valence-corrected chi connectivity index (χ3v) is 8.16. The molecular formula is C25H28FN5O2S. The van der Waals surface area contributed by atoms with E-state index < -0.39 is 15.3 Å². The highest BCUT2D eigenvalue weighted by molar-refractivity contribution is 7.93. The van der Waals surface area contributed by atoms with Crippen LogP contribution >= 0.6 is 0 Å². The second-order valence-corrected chi connectivity index (χ2v) is 10.8. The molecule has 1 unspecified atom stereocenters. The molecule has 1 N–H and O–H groups in total. The van der Waals surface area contributed by atoms with E-state index >= 15 is 0 Å². The van der Waals surface area contributed by atoms with E-state index in [0.717, 1.165) is 40.8 Å². The molecule has 2 aromatic carbocycles. The maximum absolute atomic E-state index is 13.3. The first-order chi connectivity index (χ1) is 16.3. The first-order valence-electron chi connectivity index (χ1n) is 11.5. The summed E-state index contributed by atoms with van der Waals surface area (Å²) in [6.45, 7) is 6.07. The van der Waals surface area contributed by atoms with Crippen LogP contribution in [-0.2, 0) is 16.6 Å². The molecular weight excluding hydrogens is 453 g/mol. The summed E-state index contributed by atoms with van der Waals surface area (Å²) in [5, 5.41) is 4.95. The molecule has 1 fully saturated rings. The molecule has 0 aliphatic carbocycles. The number of anilines is 2. The Balaban J connectivity index is 1.35. The minimum absolute atomic E-state index is 0.287.